The van der Waals surface area contributed by atoms with Crippen molar-refractivity contribution in [3.8, 4) is 0 Å². The van der Waals surface area contributed by atoms with Gasteiger partial charge >= 0.3 is 11.9 Å². The smallest absolute Gasteiger partial charge is 0.345 e. The maximum Gasteiger partial charge on any atom is 0.345 e. The summed E-state index contributed by atoms with van der Waals surface area (Å²) in [5.41, 5.74) is 0.969. The highest BCUT2D eigenvalue weighted by atomic mass is 16.6. The minimum atomic E-state index is -0.542. The number of ether oxygens (including phenoxy) is 2. The molecule has 0 aromatic heterocycles. The molecule has 0 fully saturated rings. The average molecular weight is 312 g/mol. The first-order valence-electron chi connectivity index (χ1n) is 8.39. The first kappa shape index (κ1) is 20.7. The lowest BCUT2D eigenvalue weighted by atomic mass is 9.91. The van der Waals surface area contributed by atoms with Crippen molar-refractivity contribution in [3.05, 3.63) is 11.1 Å². The summed E-state index contributed by atoms with van der Waals surface area (Å²) in [5, 5.41) is 0. The molecule has 128 valence electrons. The van der Waals surface area contributed by atoms with Crippen molar-refractivity contribution in [2.24, 2.45) is 11.8 Å². The number of carbonyl (C=O) groups is 2. The molecule has 0 rings (SSSR count). The van der Waals surface area contributed by atoms with E-state index in [2.05, 4.69) is 27.7 Å². The molecule has 4 heteroatoms. The quantitative estimate of drug-likeness (QED) is 0.261. The lowest BCUT2D eigenvalue weighted by Crippen LogP contribution is -2.22. The Labute approximate surface area is 135 Å². The van der Waals surface area contributed by atoms with Gasteiger partial charge in [0.1, 0.15) is 5.57 Å². The van der Waals surface area contributed by atoms with Gasteiger partial charge in [-0.15, -0.1) is 0 Å². The van der Waals surface area contributed by atoms with E-state index in [9.17, 15) is 9.59 Å². The number of hydrogen-bond acceptors (Lipinski definition) is 4. The second kappa shape index (κ2) is 11.3. The third-order valence-electron chi connectivity index (χ3n) is 2.95. The second-order valence-corrected chi connectivity index (χ2v) is 6.45. The van der Waals surface area contributed by atoms with Crippen molar-refractivity contribution in [3.63, 3.8) is 0 Å². The summed E-state index contributed by atoms with van der Waals surface area (Å²) in [6.07, 6.45) is 2.87. The van der Waals surface area contributed by atoms with Crippen LogP contribution < -0.4 is 0 Å². The van der Waals surface area contributed by atoms with Crippen molar-refractivity contribution in [2.45, 2.75) is 67.2 Å². The van der Waals surface area contributed by atoms with Crippen LogP contribution in [0.1, 0.15) is 67.2 Å². The molecule has 0 heterocycles. The van der Waals surface area contributed by atoms with Gasteiger partial charge in [-0.05, 0) is 43.1 Å². The molecule has 0 saturated carbocycles. The number of rotatable bonds is 10. The number of carbonyl (C=O) groups excluding carboxylic acids is 2. The zero-order valence-electron chi connectivity index (χ0n) is 15.0. The molecule has 0 aromatic carbocycles. The monoisotopic (exact) mass is 312 g/mol. The Morgan fingerprint density at radius 3 is 1.41 bits per heavy atom. The van der Waals surface area contributed by atoms with E-state index in [1.165, 1.54) is 0 Å². The molecule has 0 aliphatic rings. The van der Waals surface area contributed by atoms with E-state index in [1.54, 1.807) is 0 Å². The third-order valence-corrected chi connectivity index (χ3v) is 2.95. The Balaban J connectivity index is 5.53. The van der Waals surface area contributed by atoms with Gasteiger partial charge in [-0.1, -0.05) is 41.5 Å². The molecule has 22 heavy (non-hydrogen) atoms. The Kier molecular flexibility index (Phi) is 10.6. The molecule has 0 saturated heterocycles. The summed E-state index contributed by atoms with van der Waals surface area (Å²) in [5.74, 6) is -0.359. The summed E-state index contributed by atoms with van der Waals surface area (Å²) in [6, 6.07) is 0. The van der Waals surface area contributed by atoms with Crippen LogP contribution in [0.4, 0.5) is 0 Å². The molecular weight excluding hydrogens is 280 g/mol. The van der Waals surface area contributed by atoms with Crippen molar-refractivity contribution in [1.29, 1.82) is 0 Å². The van der Waals surface area contributed by atoms with E-state index < -0.39 is 11.9 Å². The van der Waals surface area contributed by atoms with Crippen LogP contribution >= 0.6 is 0 Å². The second-order valence-electron chi connectivity index (χ2n) is 6.45. The fourth-order valence-electron chi connectivity index (χ4n) is 2.18. The largest absolute Gasteiger partial charge is 0.462 e. The number of hydrogen-bond donors (Lipinski definition) is 0. The van der Waals surface area contributed by atoms with Crippen LogP contribution in [0, 0.1) is 11.8 Å². The van der Waals surface area contributed by atoms with Crippen molar-refractivity contribution < 1.29 is 19.1 Å². The normalized spacial score (nSPS) is 10.7. The average Bonchev–Trinajstić information content (AvgIpc) is 2.41. The summed E-state index contributed by atoms with van der Waals surface area (Å²) >= 11 is 0. The highest BCUT2D eigenvalue weighted by Crippen LogP contribution is 2.24. The number of esters is 2. The predicted molar refractivity (Wildman–Crippen MR) is 88.4 cm³/mol. The van der Waals surface area contributed by atoms with Crippen LogP contribution in [0.15, 0.2) is 11.1 Å². The van der Waals surface area contributed by atoms with Crippen molar-refractivity contribution in [2.75, 3.05) is 13.2 Å². The van der Waals surface area contributed by atoms with E-state index in [-0.39, 0.29) is 5.57 Å². The molecule has 0 aromatic rings. The zero-order valence-corrected chi connectivity index (χ0v) is 15.0. The molecule has 0 N–H and O–H groups in total. The SMILES string of the molecule is CCCOC(=O)C(C(=O)OCCC)=C(CC(C)C)CC(C)C. The van der Waals surface area contributed by atoms with Gasteiger partial charge in [-0.2, -0.15) is 0 Å². The maximum atomic E-state index is 12.3. The first-order chi connectivity index (χ1) is 10.3. The van der Waals surface area contributed by atoms with Gasteiger partial charge < -0.3 is 9.47 Å². The van der Waals surface area contributed by atoms with Crippen molar-refractivity contribution >= 4 is 11.9 Å². The number of allylic oxidation sites excluding steroid dienone is 1. The molecule has 0 unspecified atom stereocenters. The molecular formula is C18H32O4. The molecule has 0 atom stereocenters. The van der Waals surface area contributed by atoms with Crippen LogP contribution in [0.5, 0.6) is 0 Å². The zero-order chi connectivity index (χ0) is 17.1. The Morgan fingerprint density at radius 1 is 0.773 bits per heavy atom. The first-order valence-corrected chi connectivity index (χ1v) is 8.39. The fraction of sp³-hybridized carbons (Fsp3) is 0.778. The standard InChI is InChI=1S/C18H32O4/c1-7-9-21-17(19)16(18(20)22-10-8-2)15(11-13(3)4)12-14(5)6/h13-14H,7-12H2,1-6H3. The molecule has 0 bridgehead atoms. The van der Waals surface area contributed by atoms with Crippen LogP contribution in [-0.2, 0) is 19.1 Å². The molecule has 4 nitrogen and oxygen atoms in total. The lowest BCUT2D eigenvalue weighted by molar-refractivity contribution is -0.147. The Morgan fingerprint density at radius 2 is 1.14 bits per heavy atom. The van der Waals surface area contributed by atoms with Gasteiger partial charge in [0.25, 0.3) is 0 Å². The third kappa shape index (κ3) is 8.20. The maximum absolute atomic E-state index is 12.3. The van der Waals surface area contributed by atoms with Crippen molar-refractivity contribution in [1.82, 2.24) is 0 Å². The van der Waals surface area contributed by atoms with Gasteiger partial charge in [0.2, 0.25) is 0 Å². The summed E-state index contributed by atoms with van der Waals surface area (Å²) in [6.45, 7) is 12.8. The molecule has 0 radical (unpaired) electrons. The van der Waals surface area contributed by atoms with Crippen LogP contribution in [0.25, 0.3) is 0 Å². The van der Waals surface area contributed by atoms with E-state index in [0.717, 1.165) is 18.4 Å². The van der Waals surface area contributed by atoms with Gasteiger partial charge in [-0.3, -0.25) is 0 Å². The van der Waals surface area contributed by atoms with E-state index in [0.29, 0.717) is 37.9 Å². The van der Waals surface area contributed by atoms with Crippen LogP contribution in [-0.4, -0.2) is 25.2 Å². The lowest BCUT2D eigenvalue weighted by Gasteiger charge is -2.17. The van der Waals surface area contributed by atoms with Crippen LogP contribution in [0.3, 0.4) is 0 Å². The fourth-order valence-corrected chi connectivity index (χ4v) is 2.18. The topological polar surface area (TPSA) is 52.6 Å². The summed E-state index contributed by atoms with van der Waals surface area (Å²) in [4.78, 5) is 24.7. The van der Waals surface area contributed by atoms with E-state index in [4.69, 9.17) is 9.47 Å². The van der Waals surface area contributed by atoms with Gasteiger partial charge in [-0.25, -0.2) is 9.59 Å². The van der Waals surface area contributed by atoms with Crippen LogP contribution in [0.2, 0.25) is 0 Å². The molecule has 0 aliphatic heterocycles. The molecule has 0 aliphatic carbocycles. The Bertz CT molecular complexity index is 347. The highest BCUT2D eigenvalue weighted by Gasteiger charge is 2.26. The highest BCUT2D eigenvalue weighted by molar-refractivity contribution is 6.14. The molecule has 0 amide bonds. The van der Waals surface area contributed by atoms with E-state index >= 15 is 0 Å². The summed E-state index contributed by atoms with van der Waals surface area (Å²) < 4.78 is 10.4. The van der Waals surface area contributed by atoms with Gasteiger partial charge in [0.15, 0.2) is 0 Å². The minimum Gasteiger partial charge on any atom is -0.462 e. The molecule has 0 spiro atoms. The predicted octanol–water partition coefficient (Wildman–Crippen LogP) is 4.28. The minimum absolute atomic E-state index is 0.115. The van der Waals surface area contributed by atoms with Gasteiger partial charge in [0.05, 0.1) is 13.2 Å². The van der Waals surface area contributed by atoms with Gasteiger partial charge in [0, 0.05) is 0 Å². The Hall–Kier alpha value is -1.32. The summed E-state index contributed by atoms with van der Waals surface area (Å²) in [7, 11) is 0. The van der Waals surface area contributed by atoms with E-state index in [1.807, 2.05) is 13.8 Å².